The van der Waals surface area contributed by atoms with Gasteiger partial charge in [-0.25, -0.2) is 9.78 Å². The zero-order valence-electron chi connectivity index (χ0n) is 14.8. The van der Waals surface area contributed by atoms with Crippen LogP contribution in [0.1, 0.15) is 11.3 Å². The van der Waals surface area contributed by atoms with Crippen molar-refractivity contribution in [3.8, 4) is 22.4 Å². The molecule has 0 atom stereocenters. The summed E-state index contributed by atoms with van der Waals surface area (Å²) in [5.41, 5.74) is 6.61. The predicted molar refractivity (Wildman–Crippen MR) is 107 cm³/mol. The Kier molecular flexibility index (Phi) is 4.30. The summed E-state index contributed by atoms with van der Waals surface area (Å²) in [5.74, 6) is -0.983. The van der Waals surface area contributed by atoms with E-state index >= 15 is 0 Å². The lowest BCUT2D eigenvalue weighted by Gasteiger charge is -2.04. The van der Waals surface area contributed by atoms with Gasteiger partial charge in [-0.2, -0.15) is 0 Å². The third kappa shape index (κ3) is 3.25. The predicted octanol–water partition coefficient (Wildman–Crippen LogP) is 5.07. The van der Waals surface area contributed by atoms with Gasteiger partial charge in [-0.1, -0.05) is 60.7 Å². The van der Waals surface area contributed by atoms with Gasteiger partial charge in [0.25, 0.3) is 0 Å². The van der Waals surface area contributed by atoms with Gasteiger partial charge in [-0.15, -0.1) is 0 Å². The molecule has 4 rings (SSSR count). The highest BCUT2D eigenvalue weighted by atomic mass is 16.4. The fourth-order valence-electron chi connectivity index (χ4n) is 3.20. The van der Waals surface area contributed by atoms with Crippen molar-refractivity contribution in [2.24, 2.45) is 0 Å². The number of rotatable bonds is 4. The minimum atomic E-state index is -0.983. The standard InChI is InChI=1S/C23H18N2O2/c1-16-6-5-15-25-20(13-14-21(26)27)22(24-23(16)25)19-11-9-18(10-12-19)17-7-3-2-4-8-17/h2-15H,1H3,(H,26,27)/b14-13+. The molecule has 0 spiro atoms. The molecule has 0 saturated carbocycles. The van der Waals surface area contributed by atoms with Crippen LogP contribution in [0.15, 0.2) is 79.0 Å². The fourth-order valence-corrected chi connectivity index (χ4v) is 3.20. The first-order valence-electron chi connectivity index (χ1n) is 8.68. The van der Waals surface area contributed by atoms with Gasteiger partial charge in [-0.3, -0.25) is 4.40 Å². The number of pyridine rings is 1. The molecule has 0 bridgehead atoms. The number of fused-ring (bicyclic) bond motifs is 1. The summed E-state index contributed by atoms with van der Waals surface area (Å²) in [5, 5.41) is 9.05. The average molecular weight is 354 g/mol. The molecule has 0 saturated heterocycles. The maximum Gasteiger partial charge on any atom is 0.328 e. The summed E-state index contributed by atoms with van der Waals surface area (Å²) >= 11 is 0. The molecular formula is C23H18N2O2. The average Bonchev–Trinajstić information content (AvgIpc) is 3.07. The number of aryl methyl sites for hydroxylation is 1. The van der Waals surface area contributed by atoms with Crippen LogP contribution in [-0.2, 0) is 4.79 Å². The van der Waals surface area contributed by atoms with Crippen LogP contribution in [0, 0.1) is 6.92 Å². The second-order valence-electron chi connectivity index (χ2n) is 6.35. The first-order valence-corrected chi connectivity index (χ1v) is 8.68. The number of imidazole rings is 1. The maximum absolute atomic E-state index is 11.0. The van der Waals surface area contributed by atoms with E-state index in [0.29, 0.717) is 0 Å². The van der Waals surface area contributed by atoms with Gasteiger partial charge in [0.2, 0.25) is 0 Å². The number of aliphatic carboxylic acids is 1. The van der Waals surface area contributed by atoms with Crippen LogP contribution in [0.5, 0.6) is 0 Å². The lowest BCUT2D eigenvalue weighted by Crippen LogP contribution is -1.91. The van der Waals surface area contributed by atoms with E-state index in [4.69, 9.17) is 10.1 Å². The Balaban J connectivity index is 1.84. The number of hydrogen-bond donors (Lipinski definition) is 1. The third-order valence-electron chi connectivity index (χ3n) is 4.53. The van der Waals surface area contributed by atoms with Gasteiger partial charge >= 0.3 is 5.97 Å². The van der Waals surface area contributed by atoms with Crippen molar-refractivity contribution < 1.29 is 9.90 Å². The third-order valence-corrected chi connectivity index (χ3v) is 4.53. The van der Waals surface area contributed by atoms with Crippen molar-refractivity contribution in [3.63, 3.8) is 0 Å². The molecule has 27 heavy (non-hydrogen) atoms. The maximum atomic E-state index is 11.0. The van der Waals surface area contributed by atoms with E-state index in [9.17, 15) is 4.79 Å². The van der Waals surface area contributed by atoms with Crippen molar-refractivity contribution in [2.75, 3.05) is 0 Å². The molecule has 0 amide bonds. The molecule has 0 fully saturated rings. The second-order valence-corrected chi connectivity index (χ2v) is 6.35. The van der Waals surface area contributed by atoms with Crippen molar-refractivity contribution in [2.45, 2.75) is 6.92 Å². The summed E-state index contributed by atoms with van der Waals surface area (Å²) in [6, 6.07) is 22.3. The van der Waals surface area contributed by atoms with Crippen LogP contribution in [0.2, 0.25) is 0 Å². The van der Waals surface area contributed by atoms with Crippen molar-refractivity contribution in [3.05, 3.63) is 90.3 Å². The SMILES string of the molecule is Cc1cccn2c(/C=C/C(=O)O)c(-c3ccc(-c4ccccc4)cc3)nc12. The van der Waals surface area contributed by atoms with Crippen molar-refractivity contribution in [1.29, 1.82) is 0 Å². The Bertz CT molecular complexity index is 1140. The highest BCUT2D eigenvalue weighted by Crippen LogP contribution is 2.29. The van der Waals surface area contributed by atoms with E-state index in [1.165, 1.54) is 0 Å². The van der Waals surface area contributed by atoms with Crippen molar-refractivity contribution >= 4 is 17.7 Å². The van der Waals surface area contributed by atoms with Crippen LogP contribution in [0.3, 0.4) is 0 Å². The lowest BCUT2D eigenvalue weighted by atomic mass is 10.0. The number of carbonyl (C=O) groups is 1. The summed E-state index contributed by atoms with van der Waals surface area (Å²) in [6.07, 6.45) is 4.65. The highest BCUT2D eigenvalue weighted by molar-refractivity contribution is 5.87. The Labute approximate surface area is 157 Å². The summed E-state index contributed by atoms with van der Waals surface area (Å²) in [7, 11) is 0. The lowest BCUT2D eigenvalue weighted by molar-refractivity contribution is -0.131. The van der Waals surface area contributed by atoms with E-state index in [1.807, 2.05) is 60.0 Å². The van der Waals surface area contributed by atoms with Gasteiger partial charge in [0.05, 0.1) is 11.4 Å². The van der Waals surface area contributed by atoms with E-state index < -0.39 is 5.97 Å². The first-order chi connectivity index (χ1) is 13.1. The Hall–Kier alpha value is -3.66. The summed E-state index contributed by atoms with van der Waals surface area (Å²) in [4.78, 5) is 15.8. The monoisotopic (exact) mass is 354 g/mol. The minimum absolute atomic E-state index is 0.753. The molecule has 0 unspecified atom stereocenters. The molecule has 0 radical (unpaired) electrons. The summed E-state index contributed by atoms with van der Waals surface area (Å²) in [6.45, 7) is 2.00. The molecule has 4 heteroatoms. The van der Waals surface area contributed by atoms with Crippen LogP contribution < -0.4 is 0 Å². The number of hydrogen-bond acceptors (Lipinski definition) is 2. The molecule has 2 heterocycles. The smallest absolute Gasteiger partial charge is 0.328 e. The quantitative estimate of drug-likeness (QED) is 0.520. The first kappa shape index (κ1) is 16.8. The van der Waals surface area contributed by atoms with Gasteiger partial charge in [0, 0.05) is 17.8 Å². The highest BCUT2D eigenvalue weighted by Gasteiger charge is 2.13. The normalized spacial score (nSPS) is 11.3. The van der Waals surface area contributed by atoms with Gasteiger partial charge in [0.15, 0.2) is 0 Å². The van der Waals surface area contributed by atoms with E-state index in [2.05, 4.69) is 24.3 Å². The van der Waals surface area contributed by atoms with E-state index in [1.54, 1.807) is 6.08 Å². The van der Waals surface area contributed by atoms with Crippen LogP contribution >= 0.6 is 0 Å². The minimum Gasteiger partial charge on any atom is -0.478 e. The van der Waals surface area contributed by atoms with Gasteiger partial charge in [0.1, 0.15) is 5.65 Å². The number of carboxylic acids is 1. The zero-order valence-corrected chi connectivity index (χ0v) is 14.8. The number of benzene rings is 2. The summed E-state index contributed by atoms with van der Waals surface area (Å²) < 4.78 is 1.93. The molecule has 0 aliphatic carbocycles. The van der Waals surface area contributed by atoms with E-state index in [0.717, 1.165) is 45.4 Å². The van der Waals surface area contributed by atoms with Crippen molar-refractivity contribution in [1.82, 2.24) is 9.38 Å². The molecule has 0 aliphatic heterocycles. The number of carboxylic acid groups (broad SMARTS) is 1. The fraction of sp³-hybridized carbons (Fsp3) is 0.0435. The molecule has 0 aliphatic rings. The Morgan fingerprint density at radius 2 is 1.59 bits per heavy atom. The van der Waals surface area contributed by atoms with Crippen LogP contribution in [0.25, 0.3) is 34.1 Å². The number of nitrogens with zero attached hydrogens (tertiary/aromatic N) is 2. The second kappa shape index (κ2) is 6.92. The largest absolute Gasteiger partial charge is 0.478 e. The molecule has 4 aromatic rings. The van der Waals surface area contributed by atoms with Crippen LogP contribution in [-0.4, -0.2) is 20.5 Å². The molecule has 1 N–H and O–H groups in total. The van der Waals surface area contributed by atoms with Gasteiger partial charge in [-0.05, 0) is 35.8 Å². The molecule has 2 aromatic carbocycles. The van der Waals surface area contributed by atoms with Gasteiger partial charge < -0.3 is 5.11 Å². The Morgan fingerprint density at radius 1 is 0.926 bits per heavy atom. The molecule has 4 nitrogen and oxygen atoms in total. The van der Waals surface area contributed by atoms with Crippen LogP contribution in [0.4, 0.5) is 0 Å². The molecule has 132 valence electrons. The van der Waals surface area contributed by atoms with E-state index in [-0.39, 0.29) is 0 Å². The molecule has 2 aromatic heterocycles. The topological polar surface area (TPSA) is 54.6 Å². The Morgan fingerprint density at radius 3 is 2.30 bits per heavy atom. The molecular weight excluding hydrogens is 336 g/mol. The zero-order chi connectivity index (χ0) is 18.8. The number of aromatic nitrogens is 2.